The van der Waals surface area contributed by atoms with E-state index in [0.717, 1.165) is 5.56 Å². The zero-order chi connectivity index (χ0) is 16.4. The number of halogens is 3. The number of hydrogen-bond acceptors (Lipinski definition) is 6. The van der Waals surface area contributed by atoms with Crippen LogP contribution in [0.4, 0.5) is 13.2 Å². The number of rotatable bonds is 4. The highest BCUT2D eigenvalue weighted by molar-refractivity contribution is 5.59. The molecule has 0 aliphatic heterocycles. The summed E-state index contributed by atoms with van der Waals surface area (Å²) >= 11 is 0. The Balaban J connectivity index is 1.91. The van der Waals surface area contributed by atoms with Gasteiger partial charge >= 0.3 is 12.1 Å². The summed E-state index contributed by atoms with van der Waals surface area (Å²) in [7, 11) is 1.46. The lowest BCUT2D eigenvalue weighted by Gasteiger charge is -2.09. The lowest BCUT2D eigenvalue weighted by Crippen LogP contribution is -2.05. The van der Waals surface area contributed by atoms with Gasteiger partial charge in [-0.05, 0) is 6.07 Å². The van der Waals surface area contributed by atoms with E-state index in [1.54, 1.807) is 23.1 Å². The fourth-order valence-electron chi connectivity index (χ4n) is 1.96. The first kappa shape index (κ1) is 15.0. The third-order valence-electron chi connectivity index (χ3n) is 3.01. The van der Waals surface area contributed by atoms with Crippen LogP contribution >= 0.6 is 0 Å². The van der Waals surface area contributed by atoms with Crippen molar-refractivity contribution in [3.8, 4) is 17.1 Å². The zero-order valence-electron chi connectivity index (χ0n) is 11.8. The second-order valence-electron chi connectivity index (χ2n) is 4.54. The van der Waals surface area contributed by atoms with Crippen molar-refractivity contribution < 1.29 is 22.4 Å². The van der Waals surface area contributed by atoms with Gasteiger partial charge in [0.1, 0.15) is 18.4 Å². The standard InChI is InChI=1S/C13H10F3N5O2/c1-22-10-4-8(11-19-12(23-20-11)13(14,15)16)2-3-9(10)5-21-7-17-6-18-21/h2-4,6-7H,5H2,1H3. The molecule has 1 aromatic carbocycles. The summed E-state index contributed by atoms with van der Waals surface area (Å²) in [5.41, 5.74) is 1.13. The highest BCUT2D eigenvalue weighted by atomic mass is 19.4. The molecule has 0 aliphatic carbocycles. The highest BCUT2D eigenvalue weighted by Crippen LogP contribution is 2.31. The number of alkyl halides is 3. The van der Waals surface area contributed by atoms with E-state index >= 15 is 0 Å². The fraction of sp³-hybridized carbons (Fsp3) is 0.231. The molecular weight excluding hydrogens is 315 g/mol. The summed E-state index contributed by atoms with van der Waals surface area (Å²) < 4.78 is 48.6. The van der Waals surface area contributed by atoms with Crippen molar-refractivity contribution in [2.24, 2.45) is 0 Å². The molecule has 3 rings (SSSR count). The monoisotopic (exact) mass is 325 g/mol. The first-order valence-corrected chi connectivity index (χ1v) is 6.38. The van der Waals surface area contributed by atoms with Crippen LogP contribution in [-0.4, -0.2) is 32.0 Å². The molecule has 2 heterocycles. The molecule has 0 unspecified atom stereocenters. The SMILES string of the molecule is COc1cc(-c2noc(C(F)(F)F)n2)ccc1Cn1cncn1. The average Bonchev–Trinajstić information content (AvgIpc) is 3.18. The third-order valence-corrected chi connectivity index (χ3v) is 3.01. The summed E-state index contributed by atoms with van der Waals surface area (Å²) in [5, 5.41) is 7.33. The predicted octanol–water partition coefficient (Wildman–Crippen LogP) is 2.40. The molecule has 7 nitrogen and oxygen atoms in total. The van der Waals surface area contributed by atoms with E-state index in [9.17, 15) is 13.2 Å². The van der Waals surface area contributed by atoms with Gasteiger partial charge in [0.05, 0.1) is 13.7 Å². The fourth-order valence-corrected chi connectivity index (χ4v) is 1.96. The van der Waals surface area contributed by atoms with Gasteiger partial charge < -0.3 is 9.26 Å². The third kappa shape index (κ3) is 3.15. The van der Waals surface area contributed by atoms with Crippen LogP contribution in [-0.2, 0) is 12.7 Å². The molecule has 0 saturated heterocycles. The van der Waals surface area contributed by atoms with Crippen molar-refractivity contribution in [1.29, 1.82) is 0 Å². The van der Waals surface area contributed by atoms with Gasteiger partial charge in [-0.1, -0.05) is 17.3 Å². The minimum Gasteiger partial charge on any atom is -0.496 e. The average molecular weight is 325 g/mol. The number of nitrogens with zero attached hydrogens (tertiary/aromatic N) is 5. The van der Waals surface area contributed by atoms with E-state index in [2.05, 4.69) is 24.7 Å². The van der Waals surface area contributed by atoms with Gasteiger partial charge in [0.2, 0.25) is 5.82 Å². The normalized spacial score (nSPS) is 11.7. The largest absolute Gasteiger partial charge is 0.496 e. The Morgan fingerprint density at radius 2 is 2.13 bits per heavy atom. The Hall–Kier alpha value is -2.91. The van der Waals surface area contributed by atoms with E-state index in [1.807, 2.05) is 0 Å². The van der Waals surface area contributed by atoms with E-state index in [4.69, 9.17) is 4.74 Å². The maximum absolute atomic E-state index is 12.5. The molecule has 0 saturated carbocycles. The van der Waals surface area contributed by atoms with Crippen LogP contribution in [0.5, 0.6) is 5.75 Å². The number of benzene rings is 1. The molecule has 120 valence electrons. The minimum absolute atomic E-state index is 0.164. The first-order valence-electron chi connectivity index (χ1n) is 6.38. The molecule has 0 amide bonds. The van der Waals surface area contributed by atoms with Gasteiger partial charge in [-0.15, -0.1) is 0 Å². The summed E-state index contributed by atoms with van der Waals surface area (Å²) in [6.45, 7) is 0.406. The summed E-state index contributed by atoms with van der Waals surface area (Å²) in [6.07, 6.45) is -1.73. The van der Waals surface area contributed by atoms with Crippen LogP contribution in [0.1, 0.15) is 11.5 Å². The topological polar surface area (TPSA) is 78.9 Å². The van der Waals surface area contributed by atoms with Crippen LogP contribution in [0, 0.1) is 0 Å². The molecule has 0 bridgehead atoms. The van der Waals surface area contributed by atoms with E-state index in [0.29, 0.717) is 17.9 Å². The molecule has 0 spiro atoms. The molecule has 0 aliphatic rings. The lowest BCUT2D eigenvalue weighted by atomic mass is 10.1. The van der Waals surface area contributed by atoms with Crippen LogP contribution < -0.4 is 4.74 Å². The zero-order valence-corrected chi connectivity index (χ0v) is 11.8. The van der Waals surface area contributed by atoms with Crippen molar-refractivity contribution in [3.63, 3.8) is 0 Å². The highest BCUT2D eigenvalue weighted by Gasteiger charge is 2.38. The van der Waals surface area contributed by atoms with Crippen LogP contribution in [0.2, 0.25) is 0 Å². The Labute approximate surface area is 127 Å². The van der Waals surface area contributed by atoms with Gasteiger partial charge in [0, 0.05) is 11.1 Å². The summed E-state index contributed by atoms with van der Waals surface area (Å²) in [4.78, 5) is 7.18. The van der Waals surface area contributed by atoms with Gasteiger partial charge in [-0.25, -0.2) is 9.67 Å². The number of ether oxygens (including phenoxy) is 1. The molecule has 0 atom stereocenters. The lowest BCUT2D eigenvalue weighted by molar-refractivity contribution is -0.159. The van der Waals surface area contributed by atoms with Gasteiger partial charge in [-0.3, -0.25) is 0 Å². The summed E-state index contributed by atoms with van der Waals surface area (Å²) in [5.74, 6) is -1.09. The molecule has 0 radical (unpaired) electrons. The summed E-state index contributed by atoms with van der Waals surface area (Å²) in [6, 6.07) is 4.82. The Bertz CT molecular complexity index is 798. The molecule has 10 heteroatoms. The maximum atomic E-state index is 12.5. The van der Waals surface area contributed by atoms with Crippen molar-refractivity contribution in [1.82, 2.24) is 24.9 Å². The minimum atomic E-state index is -4.68. The van der Waals surface area contributed by atoms with Gasteiger partial charge in [-0.2, -0.15) is 23.3 Å². The molecule has 0 N–H and O–H groups in total. The van der Waals surface area contributed by atoms with Crippen molar-refractivity contribution >= 4 is 0 Å². The Morgan fingerprint density at radius 3 is 2.74 bits per heavy atom. The Kier molecular flexibility index (Phi) is 3.72. The number of aromatic nitrogens is 5. The quantitative estimate of drug-likeness (QED) is 0.733. The molecule has 23 heavy (non-hydrogen) atoms. The second-order valence-corrected chi connectivity index (χ2v) is 4.54. The van der Waals surface area contributed by atoms with Crippen LogP contribution in [0.15, 0.2) is 35.4 Å². The van der Waals surface area contributed by atoms with Crippen LogP contribution in [0.25, 0.3) is 11.4 Å². The number of methoxy groups -OCH3 is 1. The maximum Gasteiger partial charge on any atom is 0.471 e. The number of hydrogen-bond donors (Lipinski definition) is 0. The molecule has 3 aromatic rings. The van der Waals surface area contributed by atoms with Crippen molar-refractivity contribution in [2.75, 3.05) is 7.11 Å². The first-order chi connectivity index (χ1) is 11.0. The van der Waals surface area contributed by atoms with Gasteiger partial charge in [0.15, 0.2) is 0 Å². The second kappa shape index (κ2) is 5.71. The van der Waals surface area contributed by atoms with Crippen molar-refractivity contribution in [3.05, 3.63) is 42.3 Å². The molecule has 2 aromatic heterocycles. The predicted molar refractivity (Wildman–Crippen MR) is 70.4 cm³/mol. The van der Waals surface area contributed by atoms with E-state index in [1.165, 1.54) is 19.5 Å². The molecular formula is C13H10F3N5O2. The van der Waals surface area contributed by atoms with Gasteiger partial charge in [0.25, 0.3) is 0 Å². The Morgan fingerprint density at radius 1 is 1.30 bits per heavy atom. The smallest absolute Gasteiger partial charge is 0.471 e. The van der Waals surface area contributed by atoms with Crippen LogP contribution in [0.3, 0.4) is 0 Å². The van der Waals surface area contributed by atoms with E-state index in [-0.39, 0.29) is 5.82 Å². The van der Waals surface area contributed by atoms with E-state index < -0.39 is 12.1 Å². The molecule has 0 fully saturated rings. The van der Waals surface area contributed by atoms with Crippen molar-refractivity contribution in [2.45, 2.75) is 12.7 Å².